The van der Waals surface area contributed by atoms with E-state index in [2.05, 4.69) is 17.5 Å². The molecule has 2 heterocycles. The van der Waals surface area contributed by atoms with Gasteiger partial charge in [0.15, 0.2) is 0 Å². The van der Waals surface area contributed by atoms with Crippen molar-refractivity contribution >= 4 is 23.4 Å². The molecule has 3 aliphatic rings. The molecule has 3 amide bonds. The first-order chi connectivity index (χ1) is 15.0. The van der Waals surface area contributed by atoms with Gasteiger partial charge < -0.3 is 14.5 Å². The number of nitrogens with zero attached hydrogens (tertiary/aromatic N) is 1. The monoisotopic (exact) mass is 420 g/mol. The van der Waals surface area contributed by atoms with E-state index in [1.54, 1.807) is 37.3 Å². The van der Waals surface area contributed by atoms with Gasteiger partial charge in [0.2, 0.25) is 17.7 Å². The highest BCUT2D eigenvalue weighted by molar-refractivity contribution is 6.07. The molecule has 1 saturated heterocycles. The topological polar surface area (TPSA) is 88.8 Å². The standard InChI is InChI=1S/C24H24N2O5/c1-13-7-10-19(31-13)17(12-20(27)25-16-5-3-4-6-18(16)30-2)26-23(28)21-14-8-9-15(11-14)22(21)24(26)29/h3-10,14-15,17,21-22H,11-12H2,1-2H3,(H,25,27). The van der Waals surface area contributed by atoms with Crippen molar-refractivity contribution in [1.82, 2.24) is 4.90 Å². The van der Waals surface area contributed by atoms with Gasteiger partial charge in [-0.2, -0.15) is 0 Å². The van der Waals surface area contributed by atoms with E-state index in [0.717, 1.165) is 6.42 Å². The molecule has 31 heavy (non-hydrogen) atoms. The van der Waals surface area contributed by atoms with Crippen LogP contribution in [-0.4, -0.2) is 29.7 Å². The summed E-state index contributed by atoms with van der Waals surface area (Å²) in [4.78, 5) is 40.9. The number of ether oxygens (including phenoxy) is 1. The lowest BCUT2D eigenvalue weighted by Gasteiger charge is -2.26. The fourth-order valence-electron chi connectivity index (χ4n) is 5.31. The number of benzene rings is 1. The third-order valence-electron chi connectivity index (χ3n) is 6.67. The number of para-hydroxylation sites is 2. The number of hydrogen-bond acceptors (Lipinski definition) is 5. The van der Waals surface area contributed by atoms with Crippen LogP contribution in [0.1, 0.15) is 30.4 Å². The van der Waals surface area contributed by atoms with E-state index in [4.69, 9.17) is 9.15 Å². The molecule has 2 aliphatic carbocycles. The first-order valence-electron chi connectivity index (χ1n) is 10.5. The summed E-state index contributed by atoms with van der Waals surface area (Å²) in [6.45, 7) is 1.79. The van der Waals surface area contributed by atoms with Crippen LogP contribution in [0.15, 0.2) is 53.0 Å². The maximum atomic E-state index is 13.3. The zero-order chi connectivity index (χ0) is 21.7. The molecule has 5 rings (SSSR count). The second kappa shape index (κ2) is 7.41. The fraction of sp³-hybridized carbons (Fsp3) is 0.375. The summed E-state index contributed by atoms with van der Waals surface area (Å²) < 4.78 is 11.1. The van der Waals surface area contributed by atoms with Gasteiger partial charge in [0, 0.05) is 0 Å². The number of imide groups is 1. The maximum Gasteiger partial charge on any atom is 0.234 e. The zero-order valence-electron chi connectivity index (χ0n) is 17.4. The number of rotatable bonds is 6. The van der Waals surface area contributed by atoms with Crippen molar-refractivity contribution in [1.29, 1.82) is 0 Å². The SMILES string of the molecule is COc1ccccc1NC(=O)CC(c1ccc(C)o1)N1C(=O)C2C3C=CC(C3)C2C1=O. The quantitative estimate of drug-likeness (QED) is 0.571. The van der Waals surface area contributed by atoms with Crippen molar-refractivity contribution in [2.75, 3.05) is 12.4 Å². The molecule has 2 fully saturated rings. The van der Waals surface area contributed by atoms with Crippen LogP contribution in [0.3, 0.4) is 0 Å². The van der Waals surface area contributed by atoms with Crippen LogP contribution in [0.5, 0.6) is 5.75 Å². The lowest BCUT2D eigenvalue weighted by Crippen LogP contribution is -2.38. The van der Waals surface area contributed by atoms with E-state index >= 15 is 0 Å². The van der Waals surface area contributed by atoms with Crippen molar-refractivity contribution in [2.24, 2.45) is 23.7 Å². The molecule has 0 radical (unpaired) electrons. The molecule has 1 aliphatic heterocycles. The van der Waals surface area contributed by atoms with Crippen LogP contribution in [-0.2, 0) is 14.4 Å². The Labute approximate surface area is 180 Å². The third-order valence-corrected chi connectivity index (χ3v) is 6.67. The normalized spacial score (nSPS) is 27.0. The van der Waals surface area contributed by atoms with Crippen molar-refractivity contribution in [3.63, 3.8) is 0 Å². The van der Waals surface area contributed by atoms with E-state index < -0.39 is 6.04 Å². The number of carbonyl (C=O) groups excluding carboxylic acids is 3. The Hall–Kier alpha value is -3.35. The van der Waals surface area contributed by atoms with Crippen LogP contribution < -0.4 is 10.1 Å². The molecular weight excluding hydrogens is 396 g/mol. The second-order valence-electron chi connectivity index (χ2n) is 8.46. The largest absolute Gasteiger partial charge is 0.495 e. The molecule has 1 aromatic carbocycles. The Balaban J connectivity index is 1.43. The molecule has 5 unspecified atom stereocenters. The first kappa shape index (κ1) is 19.6. The van der Waals surface area contributed by atoms with Crippen molar-refractivity contribution in [2.45, 2.75) is 25.8 Å². The number of hydrogen-bond donors (Lipinski definition) is 1. The lowest BCUT2D eigenvalue weighted by molar-refractivity contribution is -0.144. The van der Waals surface area contributed by atoms with E-state index in [1.807, 2.05) is 6.07 Å². The number of methoxy groups -OCH3 is 1. The molecular formula is C24H24N2O5. The molecule has 2 bridgehead atoms. The van der Waals surface area contributed by atoms with Gasteiger partial charge in [0.25, 0.3) is 0 Å². The number of anilines is 1. The van der Waals surface area contributed by atoms with Crippen LogP contribution in [0.2, 0.25) is 0 Å². The Morgan fingerprint density at radius 2 is 1.81 bits per heavy atom. The molecule has 1 N–H and O–H groups in total. The predicted molar refractivity (Wildman–Crippen MR) is 112 cm³/mol. The van der Waals surface area contributed by atoms with E-state index in [1.165, 1.54) is 12.0 Å². The number of allylic oxidation sites excluding steroid dienone is 2. The van der Waals surface area contributed by atoms with Crippen LogP contribution >= 0.6 is 0 Å². The number of carbonyl (C=O) groups is 3. The van der Waals surface area contributed by atoms with Crippen LogP contribution in [0.4, 0.5) is 5.69 Å². The fourth-order valence-corrected chi connectivity index (χ4v) is 5.31. The Kier molecular flexibility index (Phi) is 4.68. The van der Waals surface area contributed by atoms with Crippen molar-refractivity contribution in [3.05, 3.63) is 60.1 Å². The molecule has 1 aromatic heterocycles. The number of likely N-dealkylation sites (tertiary alicyclic amines) is 1. The van der Waals surface area contributed by atoms with Gasteiger partial charge in [-0.05, 0) is 49.4 Å². The Morgan fingerprint density at radius 1 is 1.13 bits per heavy atom. The number of nitrogens with one attached hydrogen (secondary N) is 1. The summed E-state index contributed by atoms with van der Waals surface area (Å²) in [5.74, 6) is 0.481. The summed E-state index contributed by atoms with van der Waals surface area (Å²) in [6, 6.07) is 9.82. The average molecular weight is 420 g/mol. The summed E-state index contributed by atoms with van der Waals surface area (Å²) >= 11 is 0. The van der Waals surface area contributed by atoms with Crippen LogP contribution in [0.25, 0.3) is 0 Å². The highest BCUT2D eigenvalue weighted by Gasteiger charge is 2.60. The van der Waals surface area contributed by atoms with Gasteiger partial charge in [-0.25, -0.2) is 0 Å². The first-order valence-corrected chi connectivity index (χ1v) is 10.5. The molecule has 5 atom stereocenters. The molecule has 1 saturated carbocycles. The maximum absolute atomic E-state index is 13.3. The average Bonchev–Trinajstić information content (AvgIpc) is 3.52. The molecule has 0 spiro atoms. The summed E-state index contributed by atoms with van der Waals surface area (Å²) in [6.07, 6.45) is 4.88. The van der Waals surface area contributed by atoms with Crippen LogP contribution in [0, 0.1) is 30.6 Å². The van der Waals surface area contributed by atoms with Crippen molar-refractivity contribution in [3.8, 4) is 5.75 Å². The molecule has 160 valence electrons. The van der Waals surface area contributed by atoms with E-state index in [9.17, 15) is 14.4 Å². The minimum Gasteiger partial charge on any atom is -0.495 e. The number of aryl methyl sites for hydroxylation is 1. The summed E-state index contributed by atoms with van der Waals surface area (Å²) in [5.41, 5.74) is 0.530. The van der Waals surface area contributed by atoms with Gasteiger partial charge in [0.05, 0.1) is 31.1 Å². The minimum atomic E-state index is -0.784. The summed E-state index contributed by atoms with van der Waals surface area (Å²) in [7, 11) is 1.53. The Morgan fingerprint density at radius 3 is 2.42 bits per heavy atom. The highest BCUT2D eigenvalue weighted by atomic mass is 16.5. The highest BCUT2D eigenvalue weighted by Crippen LogP contribution is 2.54. The summed E-state index contributed by atoms with van der Waals surface area (Å²) in [5, 5.41) is 2.83. The molecule has 7 nitrogen and oxygen atoms in total. The third kappa shape index (κ3) is 3.15. The van der Waals surface area contributed by atoms with Gasteiger partial charge >= 0.3 is 0 Å². The zero-order valence-corrected chi connectivity index (χ0v) is 17.4. The smallest absolute Gasteiger partial charge is 0.234 e. The second-order valence-corrected chi connectivity index (χ2v) is 8.46. The van der Waals surface area contributed by atoms with Gasteiger partial charge in [-0.1, -0.05) is 24.3 Å². The van der Waals surface area contributed by atoms with Gasteiger partial charge in [0.1, 0.15) is 23.3 Å². The van der Waals surface area contributed by atoms with Gasteiger partial charge in [-0.3, -0.25) is 19.3 Å². The van der Waals surface area contributed by atoms with E-state index in [-0.39, 0.29) is 47.8 Å². The number of furan rings is 1. The molecule has 7 heteroatoms. The Bertz CT molecular complexity index is 1060. The van der Waals surface area contributed by atoms with Gasteiger partial charge in [-0.15, -0.1) is 0 Å². The predicted octanol–water partition coefficient (Wildman–Crippen LogP) is 3.47. The van der Waals surface area contributed by atoms with E-state index in [0.29, 0.717) is 23.0 Å². The number of fused-ring (bicyclic) bond motifs is 5. The minimum absolute atomic E-state index is 0.0926. The molecule has 2 aromatic rings. The number of amides is 3. The lowest BCUT2D eigenvalue weighted by atomic mass is 9.85. The van der Waals surface area contributed by atoms with Crippen molar-refractivity contribution < 1.29 is 23.5 Å².